The SMILES string of the molecule is COc1cccc(C(=O)OC(C)(C)C2CC[NH2+]CC2)c1C. The second-order valence-electron chi connectivity index (χ2n) is 6.27. The van der Waals surface area contributed by atoms with E-state index in [2.05, 4.69) is 5.32 Å². The maximum atomic E-state index is 12.5. The highest BCUT2D eigenvalue weighted by atomic mass is 16.6. The predicted molar refractivity (Wildman–Crippen MR) is 81.6 cm³/mol. The summed E-state index contributed by atoms with van der Waals surface area (Å²) in [5.74, 6) is 0.887. The monoisotopic (exact) mass is 292 g/mol. The van der Waals surface area contributed by atoms with E-state index < -0.39 is 5.60 Å². The van der Waals surface area contributed by atoms with E-state index in [1.165, 1.54) is 0 Å². The summed E-state index contributed by atoms with van der Waals surface area (Å²) < 4.78 is 11.1. The lowest BCUT2D eigenvalue weighted by Gasteiger charge is -2.35. The quantitative estimate of drug-likeness (QED) is 0.863. The Balaban J connectivity index is 2.13. The molecule has 1 aromatic carbocycles. The second kappa shape index (κ2) is 6.48. The molecule has 4 nitrogen and oxygen atoms in total. The molecule has 1 saturated heterocycles. The topological polar surface area (TPSA) is 52.1 Å². The number of benzene rings is 1. The molecule has 0 unspecified atom stereocenters. The minimum atomic E-state index is -0.430. The van der Waals surface area contributed by atoms with Gasteiger partial charge in [0.15, 0.2) is 0 Å². The third kappa shape index (κ3) is 3.56. The van der Waals surface area contributed by atoms with E-state index in [1.54, 1.807) is 13.2 Å². The highest BCUT2D eigenvalue weighted by Crippen LogP contribution is 2.30. The van der Waals surface area contributed by atoms with Crippen molar-refractivity contribution in [1.29, 1.82) is 0 Å². The molecule has 0 aliphatic carbocycles. The van der Waals surface area contributed by atoms with E-state index in [0.717, 1.165) is 37.2 Å². The number of quaternary nitrogens is 1. The normalized spacial score (nSPS) is 16.6. The first-order valence-electron chi connectivity index (χ1n) is 7.64. The largest absolute Gasteiger partial charge is 0.496 e. The summed E-state index contributed by atoms with van der Waals surface area (Å²) in [5, 5.41) is 2.32. The maximum Gasteiger partial charge on any atom is 0.339 e. The van der Waals surface area contributed by atoms with Gasteiger partial charge in [0.25, 0.3) is 0 Å². The summed E-state index contributed by atoms with van der Waals surface area (Å²) in [6.45, 7) is 8.17. The second-order valence-corrected chi connectivity index (χ2v) is 6.27. The van der Waals surface area contributed by atoms with Crippen LogP contribution in [0.2, 0.25) is 0 Å². The van der Waals surface area contributed by atoms with Crippen LogP contribution in [-0.2, 0) is 4.74 Å². The maximum absolute atomic E-state index is 12.5. The predicted octanol–water partition coefficient (Wildman–Crippen LogP) is 1.91. The smallest absolute Gasteiger partial charge is 0.339 e. The van der Waals surface area contributed by atoms with Gasteiger partial charge in [-0.2, -0.15) is 0 Å². The number of hydrogen-bond donors (Lipinski definition) is 1. The summed E-state index contributed by atoms with van der Waals surface area (Å²) in [4.78, 5) is 12.5. The van der Waals surface area contributed by atoms with Gasteiger partial charge in [0.1, 0.15) is 11.4 Å². The Labute approximate surface area is 126 Å². The highest BCUT2D eigenvalue weighted by Gasteiger charge is 2.35. The van der Waals surface area contributed by atoms with E-state index in [4.69, 9.17) is 9.47 Å². The first-order valence-corrected chi connectivity index (χ1v) is 7.64. The zero-order valence-corrected chi connectivity index (χ0v) is 13.4. The standard InChI is InChI=1S/C17H25NO3/c1-12-14(6-5-7-15(12)20-4)16(19)21-17(2,3)13-8-10-18-11-9-13/h5-7,13,18H,8-11H2,1-4H3/p+1. The van der Waals surface area contributed by atoms with Crippen molar-refractivity contribution in [2.45, 2.75) is 39.2 Å². The van der Waals surface area contributed by atoms with Crippen molar-refractivity contribution in [1.82, 2.24) is 0 Å². The lowest BCUT2D eigenvalue weighted by atomic mass is 9.83. The van der Waals surface area contributed by atoms with Gasteiger partial charge in [0.05, 0.1) is 25.8 Å². The van der Waals surface area contributed by atoms with Crippen LogP contribution in [0.4, 0.5) is 0 Å². The number of esters is 1. The van der Waals surface area contributed by atoms with Crippen molar-refractivity contribution in [2.75, 3.05) is 20.2 Å². The van der Waals surface area contributed by atoms with Crippen LogP contribution in [0, 0.1) is 12.8 Å². The minimum Gasteiger partial charge on any atom is -0.496 e. The Hall–Kier alpha value is -1.55. The first-order chi connectivity index (χ1) is 9.95. The molecule has 1 aliphatic heterocycles. The van der Waals surface area contributed by atoms with Crippen molar-refractivity contribution < 1.29 is 19.6 Å². The summed E-state index contributed by atoms with van der Waals surface area (Å²) in [7, 11) is 1.61. The molecule has 1 aliphatic rings. The van der Waals surface area contributed by atoms with Gasteiger partial charge in [0.2, 0.25) is 0 Å². The van der Waals surface area contributed by atoms with Crippen molar-refractivity contribution in [2.24, 2.45) is 5.92 Å². The molecule has 0 atom stereocenters. The fraction of sp³-hybridized carbons (Fsp3) is 0.588. The molecule has 116 valence electrons. The number of nitrogens with two attached hydrogens (primary N) is 1. The molecule has 1 fully saturated rings. The van der Waals surface area contributed by atoms with Crippen molar-refractivity contribution in [3.8, 4) is 5.75 Å². The van der Waals surface area contributed by atoms with Gasteiger partial charge in [0, 0.05) is 24.3 Å². The third-order valence-electron chi connectivity index (χ3n) is 4.50. The number of rotatable bonds is 4. The molecular formula is C17H26NO3+. The molecule has 0 radical (unpaired) electrons. The van der Waals surface area contributed by atoms with Crippen LogP contribution >= 0.6 is 0 Å². The summed E-state index contributed by atoms with van der Waals surface area (Å²) in [5.41, 5.74) is 0.989. The molecule has 0 aromatic heterocycles. The van der Waals surface area contributed by atoms with Gasteiger partial charge in [-0.25, -0.2) is 4.79 Å². The van der Waals surface area contributed by atoms with Gasteiger partial charge in [-0.15, -0.1) is 0 Å². The zero-order valence-electron chi connectivity index (χ0n) is 13.4. The number of carbonyl (C=O) groups is 1. The van der Waals surface area contributed by atoms with Gasteiger partial charge in [-0.3, -0.25) is 0 Å². The lowest BCUT2D eigenvalue weighted by molar-refractivity contribution is -0.665. The van der Waals surface area contributed by atoms with Crippen LogP contribution in [0.3, 0.4) is 0 Å². The lowest BCUT2D eigenvalue weighted by Crippen LogP contribution is -2.86. The minimum absolute atomic E-state index is 0.258. The molecule has 2 N–H and O–H groups in total. The molecule has 21 heavy (non-hydrogen) atoms. The van der Waals surface area contributed by atoms with Gasteiger partial charge in [-0.05, 0) is 32.9 Å². The van der Waals surface area contributed by atoms with Gasteiger partial charge in [-0.1, -0.05) is 6.07 Å². The summed E-state index contributed by atoms with van der Waals surface area (Å²) in [6.07, 6.45) is 2.19. The number of methoxy groups -OCH3 is 1. The summed E-state index contributed by atoms with van der Waals surface area (Å²) >= 11 is 0. The van der Waals surface area contributed by atoms with Crippen LogP contribution in [0.15, 0.2) is 18.2 Å². The molecule has 4 heteroatoms. The Morgan fingerprint density at radius 1 is 1.29 bits per heavy atom. The molecular weight excluding hydrogens is 266 g/mol. The molecule has 0 saturated carbocycles. The van der Waals surface area contributed by atoms with Crippen molar-refractivity contribution in [3.05, 3.63) is 29.3 Å². The van der Waals surface area contributed by atoms with E-state index in [-0.39, 0.29) is 5.97 Å². The Morgan fingerprint density at radius 3 is 2.57 bits per heavy atom. The first kappa shape index (κ1) is 15.8. The van der Waals surface area contributed by atoms with Crippen LogP contribution in [0.5, 0.6) is 5.75 Å². The molecule has 2 rings (SSSR count). The molecule has 1 heterocycles. The molecule has 0 bridgehead atoms. The van der Waals surface area contributed by atoms with Gasteiger partial charge < -0.3 is 14.8 Å². The average molecular weight is 292 g/mol. The fourth-order valence-electron chi connectivity index (χ4n) is 3.06. The Kier molecular flexibility index (Phi) is 4.88. The number of carbonyl (C=O) groups excluding carboxylic acids is 1. The molecule has 0 amide bonds. The summed E-state index contributed by atoms with van der Waals surface area (Å²) in [6, 6.07) is 5.48. The molecule has 1 aromatic rings. The van der Waals surface area contributed by atoms with E-state index >= 15 is 0 Å². The third-order valence-corrected chi connectivity index (χ3v) is 4.50. The van der Waals surface area contributed by atoms with E-state index in [9.17, 15) is 4.79 Å². The van der Waals surface area contributed by atoms with Crippen LogP contribution < -0.4 is 10.1 Å². The van der Waals surface area contributed by atoms with Crippen LogP contribution in [0.25, 0.3) is 0 Å². The highest BCUT2D eigenvalue weighted by molar-refractivity contribution is 5.92. The van der Waals surface area contributed by atoms with Crippen molar-refractivity contribution in [3.63, 3.8) is 0 Å². The number of hydrogen-bond acceptors (Lipinski definition) is 3. The van der Waals surface area contributed by atoms with Crippen molar-refractivity contribution >= 4 is 5.97 Å². The Bertz CT molecular complexity index is 505. The Morgan fingerprint density at radius 2 is 1.95 bits per heavy atom. The molecule has 0 spiro atoms. The fourth-order valence-corrected chi connectivity index (χ4v) is 3.06. The zero-order chi connectivity index (χ0) is 15.5. The van der Waals surface area contributed by atoms with Crippen LogP contribution in [-0.4, -0.2) is 31.8 Å². The van der Waals surface area contributed by atoms with Gasteiger partial charge >= 0.3 is 5.97 Å². The number of piperidine rings is 1. The average Bonchev–Trinajstić information content (AvgIpc) is 2.48. The van der Waals surface area contributed by atoms with Crippen LogP contribution in [0.1, 0.15) is 42.6 Å². The number of ether oxygens (including phenoxy) is 2. The van der Waals surface area contributed by atoms with E-state index in [1.807, 2.05) is 32.9 Å². The van der Waals surface area contributed by atoms with E-state index in [0.29, 0.717) is 11.5 Å².